The average Bonchev–Trinajstić information content (AvgIpc) is 2.39. The number of halogens is 1. The van der Waals surface area contributed by atoms with Gasteiger partial charge in [0.1, 0.15) is 23.7 Å². The highest BCUT2D eigenvalue weighted by Gasteiger charge is 2.42. The van der Waals surface area contributed by atoms with Gasteiger partial charge in [-0.1, -0.05) is 23.4 Å². The Hall–Kier alpha value is -0.410. The van der Waals surface area contributed by atoms with Crippen molar-refractivity contribution in [2.45, 2.75) is 34.7 Å². The summed E-state index contributed by atoms with van der Waals surface area (Å²) < 4.78 is 5.44. The molecule has 1 aliphatic heterocycles. The Kier molecular flexibility index (Phi) is 5.02. The lowest BCUT2D eigenvalue weighted by Crippen LogP contribution is -2.61. The molecule has 5 atom stereocenters. The van der Waals surface area contributed by atoms with Gasteiger partial charge in [0, 0.05) is 17.3 Å². The van der Waals surface area contributed by atoms with Gasteiger partial charge >= 0.3 is 0 Å². The summed E-state index contributed by atoms with van der Waals surface area (Å²) in [4.78, 5) is 4.63. The van der Waals surface area contributed by atoms with E-state index in [4.69, 9.17) is 27.2 Å². The molecule has 1 saturated heterocycles. The highest BCUT2D eigenvalue weighted by molar-refractivity contribution is 7.99. The second kappa shape index (κ2) is 6.36. The number of pyridine rings is 1. The van der Waals surface area contributed by atoms with Crippen molar-refractivity contribution in [3.8, 4) is 0 Å². The quantitative estimate of drug-likeness (QED) is 0.601. The maximum atomic E-state index is 9.99. The molecule has 6 nitrogen and oxygen atoms in total. The molecule has 0 spiro atoms. The van der Waals surface area contributed by atoms with Crippen molar-refractivity contribution in [1.82, 2.24) is 4.98 Å². The highest BCUT2D eigenvalue weighted by atomic mass is 35.5. The normalized spacial score (nSPS) is 35.3. The Morgan fingerprint density at radius 2 is 2.11 bits per heavy atom. The molecule has 5 N–H and O–H groups in total. The largest absolute Gasteiger partial charge is 0.394 e. The molecule has 106 valence electrons. The van der Waals surface area contributed by atoms with Gasteiger partial charge in [-0.25, -0.2) is 0 Å². The Labute approximate surface area is 119 Å². The molecule has 0 aliphatic carbocycles. The molecular weight excluding hydrogens is 292 g/mol. The van der Waals surface area contributed by atoms with Crippen LogP contribution in [0.5, 0.6) is 0 Å². The van der Waals surface area contributed by atoms with E-state index in [9.17, 15) is 10.2 Å². The predicted octanol–water partition coefficient (Wildman–Crippen LogP) is -0.407. The fourth-order valence-electron chi connectivity index (χ4n) is 1.80. The van der Waals surface area contributed by atoms with Crippen LogP contribution in [-0.4, -0.2) is 56.7 Å². The van der Waals surface area contributed by atoms with Gasteiger partial charge in [-0.15, -0.1) is 0 Å². The smallest absolute Gasteiger partial charge is 0.135 e. The van der Waals surface area contributed by atoms with Gasteiger partial charge in [0.05, 0.1) is 17.7 Å². The lowest BCUT2D eigenvalue weighted by atomic mass is 9.98. The Morgan fingerprint density at radius 1 is 1.37 bits per heavy atom. The zero-order valence-corrected chi connectivity index (χ0v) is 11.5. The van der Waals surface area contributed by atoms with E-state index in [1.165, 1.54) is 18.0 Å². The van der Waals surface area contributed by atoms with Gasteiger partial charge in [0.25, 0.3) is 0 Å². The SMILES string of the molecule is NC1C(O)C(CO)OC(Sc2cncc(Cl)c2)C1O. The molecule has 19 heavy (non-hydrogen) atoms. The van der Waals surface area contributed by atoms with Crippen LogP contribution in [0.1, 0.15) is 0 Å². The summed E-state index contributed by atoms with van der Waals surface area (Å²) in [6.07, 6.45) is 0.103. The molecule has 8 heteroatoms. The number of aliphatic hydroxyl groups excluding tert-OH is 3. The van der Waals surface area contributed by atoms with E-state index in [1.54, 1.807) is 12.3 Å². The molecule has 0 radical (unpaired) electrons. The number of aliphatic hydroxyl groups is 3. The Morgan fingerprint density at radius 3 is 2.74 bits per heavy atom. The molecular formula is C11H15ClN2O4S. The summed E-state index contributed by atoms with van der Waals surface area (Å²) in [5.74, 6) is 0. The highest BCUT2D eigenvalue weighted by Crippen LogP contribution is 2.33. The van der Waals surface area contributed by atoms with Crippen molar-refractivity contribution >= 4 is 23.4 Å². The maximum absolute atomic E-state index is 9.99. The van der Waals surface area contributed by atoms with Crippen molar-refractivity contribution in [3.63, 3.8) is 0 Å². The number of thioether (sulfide) groups is 1. The predicted molar refractivity (Wildman–Crippen MR) is 70.8 cm³/mol. The minimum atomic E-state index is -1.10. The van der Waals surface area contributed by atoms with Crippen LogP contribution >= 0.6 is 23.4 Å². The molecule has 1 aromatic heterocycles. The number of nitrogens with zero attached hydrogens (tertiary/aromatic N) is 1. The fraction of sp³-hybridized carbons (Fsp3) is 0.545. The second-order valence-electron chi connectivity index (χ2n) is 4.24. The van der Waals surface area contributed by atoms with Crippen molar-refractivity contribution < 1.29 is 20.1 Å². The number of hydrogen-bond acceptors (Lipinski definition) is 7. The number of ether oxygens (including phenoxy) is 1. The third-order valence-corrected chi connectivity index (χ3v) is 4.19. The molecule has 0 bridgehead atoms. The number of rotatable bonds is 3. The first kappa shape index (κ1) is 15.0. The third-order valence-electron chi connectivity index (χ3n) is 2.87. The first-order valence-electron chi connectivity index (χ1n) is 5.68. The minimum absolute atomic E-state index is 0.369. The second-order valence-corrected chi connectivity index (χ2v) is 5.85. The Balaban J connectivity index is 2.10. The van der Waals surface area contributed by atoms with Crippen LogP contribution in [-0.2, 0) is 4.74 Å². The van der Waals surface area contributed by atoms with Crippen LogP contribution in [0.2, 0.25) is 5.02 Å². The van der Waals surface area contributed by atoms with E-state index in [1.807, 2.05) is 0 Å². The first-order valence-corrected chi connectivity index (χ1v) is 6.94. The van der Waals surface area contributed by atoms with Gasteiger partial charge in [0.15, 0.2) is 0 Å². The lowest BCUT2D eigenvalue weighted by molar-refractivity contribution is -0.160. The topological polar surface area (TPSA) is 109 Å². The molecule has 2 heterocycles. The van der Waals surface area contributed by atoms with E-state index in [0.717, 1.165) is 0 Å². The van der Waals surface area contributed by atoms with E-state index >= 15 is 0 Å². The van der Waals surface area contributed by atoms with E-state index in [0.29, 0.717) is 9.92 Å². The molecule has 5 unspecified atom stereocenters. The molecule has 0 amide bonds. The zero-order chi connectivity index (χ0) is 14.0. The maximum Gasteiger partial charge on any atom is 0.135 e. The van der Waals surface area contributed by atoms with Crippen LogP contribution in [0.15, 0.2) is 23.4 Å². The number of hydrogen-bond donors (Lipinski definition) is 4. The molecule has 0 aromatic carbocycles. The standard InChI is InChI=1S/C11H15ClN2O4S/c12-5-1-6(3-14-2-5)19-11-10(17)8(13)9(16)7(4-15)18-11/h1-3,7-11,15-17H,4,13H2. The van der Waals surface area contributed by atoms with Crippen LogP contribution in [0, 0.1) is 0 Å². The number of aromatic nitrogens is 1. The van der Waals surface area contributed by atoms with Crippen molar-refractivity contribution in [1.29, 1.82) is 0 Å². The van der Waals surface area contributed by atoms with Crippen LogP contribution in [0.25, 0.3) is 0 Å². The zero-order valence-electron chi connectivity index (χ0n) is 9.89. The van der Waals surface area contributed by atoms with Crippen LogP contribution in [0.3, 0.4) is 0 Å². The summed E-state index contributed by atoms with van der Waals surface area (Å²) in [6.45, 7) is -0.369. The van der Waals surface area contributed by atoms with Crippen molar-refractivity contribution in [2.75, 3.05) is 6.61 Å². The summed E-state index contributed by atoms with van der Waals surface area (Å²) in [7, 11) is 0. The molecule has 2 rings (SSSR count). The monoisotopic (exact) mass is 306 g/mol. The molecule has 1 fully saturated rings. The summed E-state index contributed by atoms with van der Waals surface area (Å²) in [5, 5.41) is 29.3. The van der Waals surface area contributed by atoms with Crippen LogP contribution in [0.4, 0.5) is 0 Å². The fourth-order valence-corrected chi connectivity index (χ4v) is 3.15. The Bertz CT molecular complexity index is 437. The number of nitrogens with two attached hydrogens (primary N) is 1. The molecule has 1 aliphatic rings. The third kappa shape index (κ3) is 3.38. The molecule has 0 saturated carbocycles. The van der Waals surface area contributed by atoms with Gasteiger partial charge in [0.2, 0.25) is 0 Å². The summed E-state index contributed by atoms with van der Waals surface area (Å²) >= 11 is 7.01. The summed E-state index contributed by atoms with van der Waals surface area (Å²) in [5.41, 5.74) is 5.02. The minimum Gasteiger partial charge on any atom is -0.394 e. The summed E-state index contributed by atoms with van der Waals surface area (Å²) in [6, 6.07) is 0.801. The molecule has 1 aromatic rings. The van der Waals surface area contributed by atoms with Crippen molar-refractivity contribution in [3.05, 3.63) is 23.5 Å². The van der Waals surface area contributed by atoms with Crippen LogP contribution < -0.4 is 5.73 Å². The van der Waals surface area contributed by atoms with Gasteiger partial charge in [-0.3, -0.25) is 4.98 Å². The van der Waals surface area contributed by atoms with E-state index in [-0.39, 0.29) is 6.61 Å². The van der Waals surface area contributed by atoms with Crippen molar-refractivity contribution in [2.24, 2.45) is 5.73 Å². The van der Waals surface area contributed by atoms with Gasteiger partial charge < -0.3 is 25.8 Å². The van der Waals surface area contributed by atoms with E-state index < -0.39 is 29.8 Å². The first-order chi connectivity index (χ1) is 9.02. The van der Waals surface area contributed by atoms with E-state index in [2.05, 4.69) is 4.98 Å². The van der Waals surface area contributed by atoms with Gasteiger partial charge in [-0.2, -0.15) is 0 Å². The van der Waals surface area contributed by atoms with Gasteiger partial charge in [-0.05, 0) is 6.07 Å². The average molecular weight is 307 g/mol. The lowest BCUT2D eigenvalue weighted by Gasteiger charge is -2.40.